The summed E-state index contributed by atoms with van der Waals surface area (Å²) in [5.41, 5.74) is 0.617. The minimum absolute atomic E-state index is 0.0739. The third-order valence-electron chi connectivity index (χ3n) is 2.67. The fourth-order valence-corrected chi connectivity index (χ4v) is 1.82. The number of hydrogen-bond donors (Lipinski definition) is 1. The maximum Gasteiger partial charge on any atom is 0.323 e. The van der Waals surface area contributed by atoms with Crippen LogP contribution in [0.4, 0.5) is 4.39 Å². The van der Waals surface area contributed by atoms with E-state index in [2.05, 4.69) is 5.32 Å². The van der Waals surface area contributed by atoms with Crippen molar-refractivity contribution in [3.63, 3.8) is 0 Å². The number of methoxy groups -OCH3 is 1. The van der Waals surface area contributed by atoms with E-state index in [1.54, 1.807) is 12.1 Å². The number of nitrogens with one attached hydrogen (secondary N) is 1. The van der Waals surface area contributed by atoms with E-state index in [9.17, 15) is 9.18 Å². The molecule has 1 aromatic rings. The Labute approximate surface area is 111 Å². The lowest BCUT2D eigenvalue weighted by atomic mass is 10.0. The second-order valence-electron chi connectivity index (χ2n) is 4.34. The molecule has 1 atom stereocenters. The Balaban J connectivity index is 2.73. The molecule has 1 aromatic carbocycles. The van der Waals surface area contributed by atoms with Crippen LogP contribution in [0.25, 0.3) is 0 Å². The van der Waals surface area contributed by atoms with Crippen LogP contribution in [0.5, 0.6) is 0 Å². The Kier molecular flexibility index (Phi) is 5.56. The second kappa shape index (κ2) is 6.71. The SMILES string of the molecule is COC(=O)C(NCc1cccc(F)c1Cl)C(C)C. The molecule has 0 fully saturated rings. The van der Waals surface area contributed by atoms with E-state index in [4.69, 9.17) is 16.3 Å². The van der Waals surface area contributed by atoms with Crippen LogP contribution in [-0.2, 0) is 16.1 Å². The Morgan fingerprint density at radius 3 is 2.72 bits per heavy atom. The molecule has 0 radical (unpaired) electrons. The lowest BCUT2D eigenvalue weighted by Gasteiger charge is -2.20. The smallest absolute Gasteiger partial charge is 0.323 e. The number of esters is 1. The van der Waals surface area contributed by atoms with Crippen LogP contribution in [0, 0.1) is 11.7 Å². The fourth-order valence-electron chi connectivity index (χ4n) is 1.62. The molecule has 1 N–H and O–H groups in total. The number of ether oxygens (including phenoxy) is 1. The number of hydrogen-bond acceptors (Lipinski definition) is 3. The first-order valence-electron chi connectivity index (χ1n) is 5.71. The Morgan fingerprint density at radius 2 is 2.17 bits per heavy atom. The zero-order valence-corrected chi connectivity index (χ0v) is 11.4. The predicted octanol–water partition coefficient (Wildman–Crippen LogP) is 2.77. The van der Waals surface area contributed by atoms with Gasteiger partial charge in [-0.05, 0) is 17.5 Å². The van der Waals surface area contributed by atoms with Gasteiger partial charge in [0.15, 0.2) is 0 Å². The monoisotopic (exact) mass is 273 g/mol. The van der Waals surface area contributed by atoms with Crippen molar-refractivity contribution in [1.29, 1.82) is 0 Å². The van der Waals surface area contributed by atoms with Crippen molar-refractivity contribution in [3.8, 4) is 0 Å². The maximum atomic E-state index is 13.2. The minimum atomic E-state index is -0.463. The molecule has 0 saturated carbocycles. The van der Waals surface area contributed by atoms with Gasteiger partial charge in [-0.25, -0.2) is 4.39 Å². The molecule has 0 aromatic heterocycles. The van der Waals surface area contributed by atoms with Gasteiger partial charge in [0.25, 0.3) is 0 Å². The molecular weight excluding hydrogens is 257 g/mol. The first kappa shape index (κ1) is 14.9. The molecule has 0 bridgehead atoms. The third kappa shape index (κ3) is 3.68. The van der Waals surface area contributed by atoms with Crippen molar-refractivity contribution in [2.24, 2.45) is 5.92 Å². The predicted molar refractivity (Wildman–Crippen MR) is 68.9 cm³/mol. The number of rotatable bonds is 5. The Hall–Kier alpha value is -1.13. The van der Waals surface area contributed by atoms with E-state index in [0.29, 0.717) is 12.1 Å². The molecule has 3 nitrogen and oxygen atoms in total. The van der Waals surface area contributed by atoms with Crippen LogP contribution in [0.3, 0.4) is 0 Å². The molecule has 0 saturated heterocycles. The quantitative estimate of drug-likeness (QED) is 0.839. The van der Waals surface area contributed by atoms with Gasteiger partial charge in [0.05, 0.1) is 12.1 Å². The highest BCUT2D eigenvalue weighted by Gasteiger charge is 2.22. The highest BCUT2D eigenvalue weighted by atomic mass is 35.5. The van der Waals surface area contributed by atoms with Gasteiger partial charge >= 0.3 is 5.97 Å². The molecule has 5 heteroatoms. The zero-order valence-electron chi connectivity index (χ0n) is 10.7. The molecule has 1 rings (SSSR count). The van der Waals surface area contributed by atoms with Crippen LogP contribution in [-0.4, -0.2) is 19.1 Å². The summed E-state index contributed by atoms with van der Waals surface area (Å²) < 4.78 is 17.9. The van der Waals surface area contributed by atoms with Crippen molar-refractivity contribution in [1.82, 2.24) is 5.32 Å². The van der Waals surface area contributed by atoms with Crippen LogP contribution >= 0.6 is 11.6 Å². The molecule has 0 aliphatic rings. The summed E-state index contributed by atoms with van der Waals surface area (Å²) in [5.74, 6) is -0.725. The van der Waals surface area contributed by atoms with Crippen LogP contribution in [0.1, 0.15) is 19.4 Å². The van der Waals surface area contributed by atoms with Crippen LogP contribution < -0.4 is 5.32 Å². The van der Waals surface area contributed by atoms with Gasteiger partial charge in [-0.15, -0.1) is 0 Å². The summed E-state index contributed by atoms with van der Waals surface area (Å²) in [4.78, 5) is 11.5. The van der Waals surface area contributed by atoms with Gasteiger partial charge in [0.1, 0.15) is 11.9 Å². The van der Waals surface area contributed by atoms with E-state index >= 15 is 0 Å². The summed E-state index contributed by atoms with van der Waals surface area (Å²) in [6, 6.07) is 4.16. The lowest BCUT2D eigenvalue weighted by molar-refractivity contribution is -0.144. The number of carbonyl (C=O) groups is 1. The third-order valence-corrected chi connectivity index (χ3v) is 3.09. The number of benzene rings is 1. The summed E-state index contributed by atoms with van der Waals surface area (Å²) in [6.45, 7) is 4.12. The normalized spacial score (nSPS) is 12.6. The van der Waals surface area contributed by atoms with Crippen molar-refractivity contribution in [2.75, 3.05) is 7.11 Å². The van der Waals surface area contributed by atoms with Gasteiger partial charge in [-0.2, -0.15) is 0 Å². The molecule has 0 aliphatic heterocycles. The molecule has 0 amide bonds. The highest BCUT2D eigenvalue weighted by Crippen LogP contribution is 2.19. The summed E-state index contributed by atoms with van der Waals surface area (Å²) in [5, 5.41) is 3.11. The van der Waals surface area contributed by atoms with E-state index in [1.165, 1.54) is 13.2 Å². The zero-order chi connectivity index (χ0) is 13.7. The molecule has 0 spiro atoms. The first-order valence-corrected chi connectivity index (χ1v) is 6.09. The molecule has 100 valence electrons. The topological polar surface area (TPSA) is 38.3 Å². The van der Waals surface area contributed by atoms with Gasteiger partial charge in [-0.1, -0.05) is 37.6 Å². The maximum absolute atomic E-state index is 13.2. The average Bonchev–Trinajstić information content (AvgIpc) is 2.33. The van der Waals surface area contributed by atoms with Crippen LogP contribution in [0.15, 0.2) is 18.2 Å². The van der Waals surface area contributed by atoms with Gasteiger partial charge in [0, 0.05) is 6.54 Å². The van der Waals surface area contributed by atoms with Gasteiger partial charge in [0.2, 0.25) is 0 Å². The Bertz CT molecular complexity index is 423. The van der Waals surface area contributed by atoms with E-state index in [1.807, 2.05) is 13.8 Å². The van der Waals surface area contributed by atoms with E-state index in [0.717, 1.165) is 0 Å². The van der Waals surface area contributed by atoms with Crippen LogP contribution in [0.2, 0.25) is 5.02 Å². The van der Waals surface area contributed by atoms with E-state index in [-0.39, 0.29) is 16.9 Å². The first-order chi connectivity index (χ1) is 8.47. The second-order valence-corrected chi connectivity index (χ2v) is 4.72. The largest absolute Gasteiger partial charge is 0.468 e. The van der Waals surface area contributed by atoms with Crippen molar-refractivity contribution < 1.29 is 13.9 Å². The number of carbonyl (C=O) groups excluding carboxylic acids is 1. The minimum Gasteiger partial charge on any atom is -0.468 e. The van der Waals surface area contributed by atoms with Gasteiger partial charge < -0.3 is 10.1 Å². The summed E-state index contributed by atoms with van der Waals surface area (Å²) in [6.07, 6.45) is 0. The summed E-state index contributed by atoms with van der Waals surface area (Å²) in [7, 11) is 1.34. The molecule has 18 heavy (non-hydrogen) atoms. The van der Waals surface area contributed by atoms with Crippen molar-refractivity contribution in [3.05, 3.63) is 34.6 Å². The van der Waals surface area contributed by atoms with Crippen molar-refractivity contribution in [2.45, 2.75) is 26.4 Å². The van der Waals surface area contributed by atoms with E-state index < -0.39 is 11.9 Å². The summed E-state index contributed by atoms with van der Waals surface area (Å²) >= 11 is 5.84. The average molecular weight is 274 g/mol. The van der Waals surface area contributed by atoms with Gasteiger partial charge in [-0.3, -0.25) is 4.79 Å². The standard InChI is InChI=1S/C13H17ClFNO2/c1-8(2)12(13(17)18-3)16-7-9-5-4-6-10(15)11(9)14/h4-6,8,12,16H,7H2,1-3H3. The Morgan fingerprint density at radius 1 is 1.50 bits per heavy atom. The van der Waals surface area contributed by atoms with Crippen molar-refractivity contribution >= 4 is 17.6 Å². The molecule has 0 aliphatic carbocycles. The molecular formula is C13H17ClFNO2. The lowest BCUT2D eigenvalue weighted by Crippen LogP contribution is -2.41. The number of halogens is 2. The molecule has 1 unspecified atom stereocenters. The highest BCUT2D eigenvalue weighted by molar-refractivity contribution is 6.31. The fraction of sp³-hybridized carbons (Fsp3) is 0.462. The molecule has 0 heterocycles.